The molecule has 3 rings (SSSR count). The quantitative estimate of drug-likeness (QED) is 0.300. The first-order valence-corrected chi connectivity index (χ1v) is 9.40. The van der Waals surface area contributed by atoms with Crippen LogP contribution in [0.5, 0.6) is 5.75 Å². The predicted molar refractivity (Wildman–Crippen MR) is 109 cm³/mol. The summed E-state index contributed by atoms with van der Waals surface area (Å²) in [7, 11) is 0. The summed E-state index contributed by atoms with van der Waals surface area (Å²) in [6.45, 7) is 2.68. The Kier molecular flexibility index (Phi) is 6.67. The Morgan fingerprint density at radius 2 is 1.74 bits per heavy atom. The molecule has 0 atom stereocenters. The normalized spacial score (nSPS) is 11.9. The van der Waals surface area contributed by atoms with Crippen LogP contribution in [0, 0.1) is 0 Å². The maximum absolute atomic E-state index is 6.39. The zero-order valence-electron chi connectivity index (χ0n) is 14.6. The van der Waals surface area contributed by atoms with Gasteiger partial charge in [-0.25, -0.2) is 9.55 Å². The van der Waals surface area contributed by atoms with Gasteiger partial charge in [-0.2, -0.15) is 0 Å². The van der Waals surface area contributed by atoms with Gasteiger partial charge in [-0.05, 0) is 42.5 Å². The predicted octanol–water partition coefficient (Wildman–Crippen LogP) is 5.70. The molecule has 0 saturated carbocycles. The van der Waals surface area contributed by atoms with Crippen molar-refractivity contribution in [2.75, 3.05) is 13.2 Å². The van der Waals surface area contributed by atoms with Gasteiger partial charge in [-0.3, -0.25) is 0 Å². The van der Waals surface area contributed by atoms with Crippen LogP contribution in [0.15, 0.2) is 61.2 Å². The van der Waals surface area contributed by atoms with Crippen LogP contribution in [0.3, 0.4) is 0 Å². The molecule has 27 heavy (non-hydrogen) atoms. The first kappa shape index (κ1) is 19.6. The van der Waals surface area contributed by atoms with E-state index < -0.39 is 0 Å². The zero-order chi connectivity index (χ0) is 19.2. The van der Waals surface area contributed by atoms with Gasteiger partial charge in [-0.15, -0.1) is 0 Å². The molecule has 4 nitrogen and oxygen atoms in total. The second-order valence-electron chi connectivity index (χ2n) is 5.71. The number of H-pyrrole nitrogens is 1. The highest BCUT2D eigenvalue weighted by Gasteiger charge is 2.16. The number of nitrogens with zero attached hydrogens (tertiary/aromatic N) is 1. The van der Waals surface area contributed by atoms with Gasteiger partial charge < -0.3 is 9.47 Å². The van der Waals surface area contributed by atoms with E-state index in [1.54, 1.807) is 24.3 Å². The van der Waals surface area contributed by atoms with Gasteiger partial charge in [0.2, 0.25) is 6.33 Å². The van der Waals surface area contributed by atoms with Gasteiger partial charge in [0.15, 0.2) is 5.76 Å². The van der Waals surface area contributed by atoms with Crippen LogP contribution >= 0.6 is 34.8 Å². The third-order valence-electron chi connectivity index (χ3n) is 3.85. The van der Waals surface area contributed by atoms with E-state index in [0.29, 0.717) is 34.0 Å². The average Bonchev–Trinajstić information content (AvgIpc) is 3.18. The third kappa shape index (κ3) is 5.19. The van der Waals surface area contributed by atoms with Gasteiger partial charge in [-0.1, -0.05) is 34.8 Å². The Hall–Kier alpha value is -2.14. The van der Waals surface area contributed by atoms with Crippen molar-refractivity contribution in [3.63, 3.8) is 0 Å². The first-order valence-electron chi connectivity index (χ1n) is 8.26. The monoisotopic (exact) mass is 423 g/mol. The van der Waals surface area contributed by atoms with Crippen LogP contribution in [-0.4, -0.2) is 18.2 Å². The number of hydrogen-bond donors (Lipinski definition) is 1. The lowest BCUT2D eigenvalue weighted by Crippen LogP contribution is -2.29. The highest BCUT2D eigenvalue weighted by Crippen LogP contribution is 2.30. The Labute approximate surface area is 172 Å². The highest BCUT2D eigenvalue weighted by molar-refractivity contribution is 6.35. The number of aromatic amines is 1. The number of hydrogen-bond acceptors (Lipinski definition) is 2. The molecule has 0 bridgehead atoms. The van der Waals surface area contributed by atoms with Gasteiger partial charge in [0.1, 0.15) is 37.1 Å². The van der Waals surface area contributed by atoms with E-state index >= 15 is 0 Å². The average molecular weight is 425 g/mol. The molecule has 0 aliphatic carbocycles. The number of allylic oxidation sites excluding steroid dienone is 1. The van der Waals surface area contributed by atoms with E-state index in [2.05, 4.69) is 4.98 Å². The van der Waals surface area contributed by atoms with Gasteiger partial charge in [0.25, 0.3) is 0 Å². The summed E-state index contributed by atoms with van der Waals surface area (Å²) in [6, 6.07) is 12.5. The van der Waals surface area contributed by atoms with Crippen molar-refractivity contribution in [2.24, 2.45) is 0 Å². The van der Waals surface area contributed by atoms with Gasteiger partial charge in [0.05, 0.1) is 5.02 Å². The molecule has 2 aromatic carbocycles. The van der Waals surface area contributed by atoms with Crippen LogP contribution in [-0.2, 0) is 4.74 Å². The maximum atomic E-state index is 6.39. The summed E-state index contributed by atoms with van der Waals surface area (Å²) in [5, 5.41) is 1.76. The molecular formula is C20H18Cl3N2O2+. The van der Waals surface area contributed by atoms with Gasteiger partial charge >= 0.3 is 0 Å². The number of nitrogens with one attached hydrogen (secondary N) is 1. The number of imidazole rings is 1. The lowest BCUT2D eigenvalue weighted by atomic mass is 10.1. The van der Waals surface area contributed by atoms with E-state index in [0.717, 1.165) is 17.0 Å². The van der Waals surface area contributed by atoms with E-state index in [1.165, 1.54) is 0 Å². The highest BCUT2D eigenvalue weighted by atomic mass is 35.5. The molecule has 3 aromatic rings. The molecule has 0 radical (unpaired) electrons. The summed E-state index contributed by atoms with van der Waals surface area (Å²) in [5.74, 6) is 1.38. The van der Waals surface area contributed by atoms with E-state index in [-0.39, 0.29) is 0 Å². The molecule has 0 aliphatic heterocycles. The maximum Gasteiger partial charge on any atom is 0.246 e. The van der Waals surface area contributed by atoms with Crippen LogP contribution in [0.4, 0.5) is 0 Å². The first-order chi connectivity index (χ1) is 13.0. The topological polar surface area (TPSA) is 38.1 Å². The summed E-state index contributed by atoms with van der Waals surface area (Å²) in [6.07, 6.45) is 5.55. The van der Waals surface area contributed by atoms with E-state index in [9.17, 15) is 0 Å². The molecule has 0 saturated heterocycles. The minimum absolute atomic E-state index is 0.346. The molecule has 1 aromatic heterocycles. The summed E-state index contributed by atoms with van der Waals surface area (Å²) >= 11 is 18.3. The SMILES string of the molecule is C/C(=C(\OCCOc1ccc(Cl)cc1)c1ccc(Cl)cc1Cl)[n+]1cc[nH]c1. The van der Waals surface area contributed by atoms with Crippen molar-refractivity contribution in [3.05, 3.63) is 81.8 Å². The van der Waals surface area contributed by atoms with E-state index in [4.69, 9.17) is 44.3 Å². The van der Waals surface area contributed by atoms with Crippen LogP contribution in [0.1, 0.15) is 12.5 Å². The fraction of sp³-hybridized carbons (Fsp3) is 0.150. The summed E-state index contributed by atoms with van der Waals surface area (Å²) in [4.78, 5) is 3.02. The number of rotatable bonds is 7. The lowest BCUT2D eigenvalue weighted by molar-refractivity contribution is -0.579. The largest absolute Gasteiger partial charge is 0.490 e. The second kappa shape index (κ2) is 9.18. The van der Waals surface area contributed by atoms with Crippen LogP contribution in [0.25, 0.3) is 11.5 Å². The smallest absolute Gasteiger partial charge is 0.246 e. The third-order valence-corrected chi connectivity index (χ3v) is 4.65. The summed E-state index contributed by atoms with van der Waals surface area (Å²) < 4.78 is 13.7. The van der Waals surface area contributed by atoms with Gasteiger partial charge in [0, 0.05) is 22.5 Å². The molecule has 1 N–H and O–H groups in total. The number of halogens is 3. The fourth-order valence-corrected chi connectivity index (χ4v) is 3.12. The number of ether oxygens (including phenoxy) is 2. The Bertz CT molecular complexity index is 923. The molecule has 1 heterocycles. The molecule has 0 aliphatic rings. The molecule has 0 amide bonds. The molecule has 140 valence electrons. The molecule has 0 unspecified atom stereocenters. The van der Waals surface area contributed by atoms with Crippen molar-refractivity contribution >= 4 is 46.3 Å². The molecule has 7 heteroatoms. The fourth-order valence-electron chi connectivity index (χ4n) is 2.50. The molecule has 0 spiro atoms. The lowest BCUT2D eigenvalue weighted by Gasteiger charge is -2.14. The number of aromatic nitrogens is 2. The molecular weight excluding hydrogens is 407 g/mol. The number of benzene rings is 2. The Morgan fingerprint density at radius 3 is 2.41 bits per heavy atom. The second-order valence-corrected chi connectivity index (χ2v) is 6.99. The van der Waals surface area contributed by atoms with E-state index in [1.807, 2.05) is 48.4 Å². The minimum atomic E-state index is 0.346. The minimum Gasteiger partial charge on any atom is -0.490 e. The van der Waals surface area contributed by atoms with Crippen molar-refractivity contribution in [2.45, 2.75) is 6.92 Å². The van der Waals surface area contributed by atoms with Crippen LogP contribution in [0.2, 0.25) is 15.1 Å². The van der Waals surface area contributed by atoms with Crippen molar-refractivity contribution < 1.29 is 14.0 Å². The van der Waals surface area contributed by atoms with Crippen molar-refractivity contribution in [3.8, 4) is 5.75 Å². The van der Waals surface area contributed by atoms with Crippen molar-refractivity contribution in [1.82, 2.24) is 4.98 Å². The van der Waals surface area contributed by atoms with Crippen LogP contribution < -0.4 is 9.30 Å². The zero-order valence-corrected chi connectivity index (χ0v) is 16.9. The van der Waals surface area contributed by atoms with Crippen molar-refractivity contribution in [1.29, 1.82) is 0 Å². The summed E-state index contributed by atoms with van der Waals surface area (Å²) in [5.41, 5.74) is 1.64. The Morgan fingerprint density at radius 1 is 1.00 bits per heavy atom. The Balaban J connectivity index is 1.76. The standard InChI is InChI=1S/C20H17Cl3N2O2/c1-14(25-9-8-24-13-25)20(18-7-4-16(22)12-19(18)23)27-11-10-26-17-5-2-15(21)3-6-17/h2-9,12-13H,10-11H2,1H3/p+1/b20-14+. The molecule has 0 fully saturated rings.